The molecule has 7 heteroatoms. The van der Waals surface area contributed by atoms with Gasteiger partial charge >= 0.3 is 5.97 Å². The number of carbonyl (C=O) groups is 2. The number of hydrogen-bond donors (Lipinski definition) is 1. The molecule has 118 valence electrons. The Labute approximate surface area is 128 Å². The van der Waals surface area contributed by atoms with Crippen molar-refractivity contribution in [1.29, 1.82) is 0 Å². The fraction of sp³-hybridized carbons (Fsp3) is 0.467. The number of nitrogens with one attached hydrogen (secondary N) is 1. The van der Waals surface area contributed by atoms with E-state index >= 15 is 0 Å². The largest absolute Gasteiger partial charge is 0.452 e. The molecule has 0 aliphatic rings. The number of carbonyl (C=O) groups excluding carboxylic acids is 2. The third-order valence-corrected chi connectivity index (χ3v) is 3.21. The van der Waals surface area contributed by atoms with Gasteiger partial charge in [-0.3, -0.25) is 4.79 Å². The summed E-state index contributed by atoms with van der Waals surface area (Å²) < 4.78 is 6.56. The Morgan fingerprint density at radius 1 is 1.36 bits per heavy atom. The molecule has 0 saturated carbocycles. The topological polar surface area (TPSA) is 85.6 Å². The monoisotopic (exact) mass is 304 g/mol. The number of aromatic nitrogens is 3. The van der Waals surface area contributed by atoms with Gasteiger partial charge in [-0.1, -0.05) is 19.8 Å². The minimum atomic E-state index is -0.588. The van der Waals surface area contributed by atoms with Crippen molar-refractivity contribution in [1.82, 2.24) is 19.9 Å². The molecule has 0 spiro atoms. The lowest BCUT2D eigenvalue weighted by Gasteiger charge is -2.06. The highest BCUT2D eigenvalue weighted by atomic mass is 16.5. The van der Waals surface area contributed by atoms with Gasteiger partial charge in [0.15, 0.2) is 12.3 Å². The minimum Gasteiger partial charge on any atom is -0.452 e. The zero-order valence-corrected chi connectivity index (χ0v) is 12.8. The van der Waals surface area contributed by atoms with Crippen molar-refractivity contribution in [2.24, 2.45) is 0 Å². The summed E-state index contributed by atoms with van der Waals surface area (Å²) in [7, 11) is 0. The molecule has 0 atom stereocenters. The van der Waals surface area contributed by atoms with E-state index in [1.54, 1.807) is 25.4 Å². The fourth-order valence-corrected chi connectivity index (χ4v) is 2.09. The van der Waals surface area contributed by atoms with Crippen LogP contribution in [-0.4, -0.2) is 39.6 Å². The number of fused-ring (bicyclic) bond motifs is 1. The van der Waals surface area contributed by atoms with Gasteiger partial charge in [0.05, 0.1) is 5.69 Å². The van der Waals surface area contributed by atoms with Crippen molar-refractivity contribution >= 4 is 17.5 Å². The van der Waals surface area contributed by atoms with E-state index in [1.807, 2.05) is 0 Å². The molecule has 1 N–H and O–H groups in total. The lowest BCUT2D eigenvalue weighted by molar-refractivity contribution is -0.124. The smallest absolute Gasteiger partial charge is 0.344 e. The van der Waals surface area contributed by atoms with Crippen molar-refractivity contribution in [3.8, 4) is 0 Å². The maximum Gasteiger partial charge on any atom is 0.344 e. The number of nitrogens with zero attached hydrogens (tertiary/aromatic N) is 3. The first-order valence-electron chi connectivity index (χ1n) is 7.37. The molecule has 1 amide bonds. The fourth-order valence-electron chi connectivity index (χ4n) is 2.09. The summed E-state index contributed by atoms with van der Waals surface area (Å²) in [4.78, 5) is 27.8. The molecule has 0 aromatic carbocycles. The van der Waals surface area contributed by atoms with Gasteiger partial charge in [0, 0.05) is 18.9 Å². The van der Waals surface area contributed by atoms with Crippen LogP contribution < -0.4 is 5.32 Å². The van der Waals surface area contributed by atoms with E-state index in [0.29, 0.717) is 23.4 Å². The number of hydrogen-bond acceptors (Lipinski definition) is 5. The number of aryl methyl sites for hydroxylation is 1. The molecular formula is C15H20N4O3. The van der Waals surface area contributed by atoms with E-state index in [0.717, 1.165) is 19.3 Å². The third kappa shape index (κ3) is 3.81. The lowest BCUT2D eigenvalue weighted by atomic mass is 10.2. The van der Waals surface area contributed by atoms with Gasteiger partial charge in [-0.15, -0.1) is 0 Å². The molecule has 2 aromatic rings. The second-order valence-corrected chi connectivity index (χ2v) is 4.98. The van der Waals surface area contributed by atoms with Crippen molar-refractivity contribution in [2.75, 3.05) is 13.2 Å². The van der Waals surface area contributed by atoms with Crippen LogP contribution in [0.4, 0.5) is 0 Å². The van der Waals surface area contributed by atoms with E-state index in [1.165, 1.54) is 4.52 Å². The number of ether oxygens (including phenoxy) is 1. The number of rotatable bonds is 7. The van der Waals surface area contributed by atoms with Gasteiger partial charge < -0.3 is 10.1 Å². The molecule has 2 rings (SSSR count). The first kappa shape index (κ1) is 15.9. The van der Waals surface area contributed by atoms with E-state index in [9.17, 15) is 9.59 Å². The zero-order chi connectivity index (χ0) is 15.9. The Hall–Kier alpha value is -2.44. The van der Waals surface area contributed by atoms with Crippen molar-refractivity contribution in [2.45, 2.75) is 33.1 Å². The molecule has 2 aromatic heterocycles. The Morgan fingerprint density at radius 3 is 2.95 bits per heavy atom. The molecule has 0 aliphatic heterocycles. The lowest BCUT2D eigenvalue weighted by Crippen LogP contribution is -2.29. The van der Waals surface area contributed by atoms with Crippen LogP contribution in [0, 0.1) is 6.92 Å². The van der Waals surface area contributed by atoms with Crippen LogP contribution in [0.1, 0.15) is 42.2 Å². The van der Waals surface area contributed by atoms with E-state index in [4.69, 9.17) is 4.74 Å². The Kier molecular flexibility index (Phi) is 5.46. The van der Waals surface area contributed by atoms with Crippen LogP contribution in [-0.2, 0) is 9.53 Å². The van der Waals surface area contributed by atoms with Crippen molar-refractivity contribution in [3.63, 3.8) is 0 Å². The Balaban J connectivity index is 1.91. The van der Waals surface area contributed by atoms with Gasteiger partial charge in [-0.2, -0.15) is 5.10 Å². The highest BCUT2D eigenvalue weighted by molar-refractivity contribution is 5.98. The molecule has 0 unspecified atom stereocenters. The maximum absolute atomic E-state index is 12.1. The van der Waals surface area contributed by atoms with Gasteiger partial charge in [0.2, 0.25) is 0 Å². The van der Waals surface area contributed by atoms with Crippen LogP contribution in [0.2, 0.25) is 0 Å². The standard InChI is InChI=1S/C15H20N4O3/c1-3-4-5-7-16-12(20)10-22-15(21)13-11(2)18-19-9-6-8-17-14(13)19/h6,8-9H,3-5,7,10H2,1-2H3,(H,16,20). The Bertz CT molecular complexity index is 666. The van der Waals surface area contributed by atoms with Gasteiger partial charge in [-0.05, 0) is 19.4 Å². The number of esters is 1. The highest BCUT2D eigenvalue weighted by Crippen LogP contribution is 2.13. The molecular weight excluding hydrogens is 284 g/mol. The summed E-state index contributed by atoms with van der Waals surface area (Å²) in [6, 6.07) is 1.72. The van der Waals surface area contributed by atoms with Gasteiger partial charge in [0.1, 0.15) is 5.56 Å². The van der Waals surface area contributed by atoms with Crippen LogP contribution in [0.3, 0.4) is 0 Å². The van der Waals surface area contributed by atoms with Crippen LogP contribution in [0.5, 0.6) is 0 Å². The summed E-state index contributed by atoms with van der Waals surface area (Å²) >= 11 is 0. The Morgan fingerprint density at radius 2 is 2.18 bits per heavy atom. The van der Waals surface area contributed by atoms with Crippen LogP contribution in [0.25, 0.3) is 5.65 Å². The van der Waals surface area contributed by atoms with Crippen molar-refractivity contribution < 1.29 is 14.3 Å². The summed E-state index contributed by atoms with van der Waals surface area (Å²) in [5.41, 5.74) is 1.24. The molecule has 7 nitrogen and oxygen atoms in total. The number of amides is 1. The second-order valence-electron chi connectivity index (χ2n) is 4.98. The molecule has 0 radical (unpaired) electrons. The molecule has 22 heavy (non-hydrogen) atoms. The number of unbranched alkanes of at least 4 members (excludes halogenated alkanes) is 2. The SMILES string of the molecule is CCCCCNC(=O)COC(=O)c1c(C)nn2cccnc12. The van der Waals surface area contributed by atoms with Crippen LogP contribution >= 0.6 is 0 Å². The van der Waals surface area contributed by atoms with E-state index < -0.39 is 5.97 Å². The van der Waals surface area contributed by atoms with Gasteiger partial charge in [0.25, 0.3) is 5.91 Å². The first-order chi connectivity index (χ1) is 10.6. The molecule has 0 aliphatic carbocycles. The second kappa shape index (κ2) is 7.53. The molecule has 2 heterocycles. The van der Waals surface area contributed by atoms with Crippen LogP contribution in [0.15, 0.2) is 18.5 Å². The normalized spacial score (nSPS) is 10.6. The van der Waals surface area contributed by atoms with E-state index in [2.05, 4.69) is 22.3 Å². The van der Waals surface area contributed by atoms with E-state index in [-0.39, 0.29) is 12.5 Å². The average Bonchev–Trinajstić information content (AvgIpc) is 2.85. The summed E-state index contributed by atoms with van der Waals surface area (Å²) in [5.74, 6) is -0.888. The summed E-state index contributed by atoms with van der Waals surface area (Å²) in [6.45, 7) is 4.10. The first-order valence-corrected chi connectivity index (χ1v) is 7.37. The molecule has 0 fully saturated rings. The average molecular weight is 304 g/mol. The predicted octanol–water partition coefficient (Wildman–Crippen LogP) is 1.50. The quantitative estimate of drug-likeness (QED) is 0.619. The summed E-state index contributed by atoms with van der Waals surface area (Å²) in [6.07, 6.45) is 6.35. The molecule has 0 bridgehead atoms. The van der Waals surface area contributed by atoms with Gasteiger partial charge in [-0.25, -0.2) is 14.3 Å². The highest BCUT2D eigenvalue weighted by Gasteiger charge is 2.20. The van der Waals surface area contributed by atoms with Crippen molar-refractivity contribution in [3.05, 3.63) is 29.7 Å². The third-order valence-electron chi connectivity index (χ3n) is 3.21. The summed E-state index contributed by atoms with van der Waals surface area (Å²) in [5, 5.41) is 6.90. The predicted molar refractivity (Wildman–Crippen MR) is 80.5 cm³/mol. The molecule has 0 saturated heterocycles. The maximum atomic E-state index is 12.1. The minimum absolute atomic E-state index is 0.291. The zero-order valence-electron chi connectivity index (χ0n) is 12.8.